The highest BCUT2D eigenvalue weighted by molar-refractivity contribution is 5.89. The van der Waals surface area contributed by atoms with Crippen molar-refractivity contribution in [2.24, 2.45) is 0 Å². The molecule has 1 aromatic carbocycles. The molecule has 1 fully saturated rings. The Kier molecular flexibility index (Phi) is 8.04. The molecule has 9 heteroatoms. The van der Waals surface area contributed by atoms with Gasteiger partial charge in [0.1, 0.15) is 5.54 Å². The number of rotatable bonds is 6. The lowest BCUT2D eigenvalue weighted by Gasteiger charge is -2.36. The SMILES string of the molecule is CC(C)NC(=O)Nc1ccc(CNC(=O)C2(n3cccn3)CCNCC2)cc1.Cl. The minimum absolute atomic E-state index is 0. The van der Waals surface area contributed by atoms with Crippen molar-refractivity contribution in [2.75, 3.05) is 18.4 Å². The molecule has 1 aliphatic heterocycles. The van der Waals surface area contributed by atoms with Crippen molar-refractivity contribution >= 4 is 30.0 Å². The summed E-state index contributed by atoms with van der Waals surface area (Å²) >= 11 is 0. The van der Waals surface area contributed by atoms with Crippen LogP contribution in [0, 0.1) is 0 Å². The summed E-state index contributed by atoms with van der Waals surface area (Å²) in [6.07, 6.45) is 4.97. The molecule has 8 nitrogen and oxygen atoms in total. The molecule has 4 N–H and O–H groups in total. The van der Waals surface area contributed by atoms with Crippen molar-refractivity contribution in [1.82, 2.24) is 25.7 Å². The van der Waals surface area contributed by atoms with E-state index in [0.29, 0.717) is 25.1 Å². The number of aromatic nitrogens is 2. The summed E-state index contributed by atoms with van der Waals surface area (Å²) in [5, 5.41) is 16.3. The van der Waals surface area contributed by atoms with E-state index in [-0.39, 0.29) is 30.4 Å². The lowest BCUT2D eigenvalue weighted by Crippen LogP contribution is -2.54. The second-order valence-electron chi connectivity index (χ2n) is 7.36. The summed E-state index contributed by atoms with van der Waals surface area (Å²) in [5.41, 5.74) is 1.03. The molecule has 0 atom stereocenters. The zero-order chi connectivity index (χ0) is 20.0. The number of amides is 3. The number of carbonyl (C=O) groups excluding carboxylic acids is 2. The largest absolute Gasteiger partial charge is 0.350 e. The zero-order valence-corrected chi connectivity index (χ0v) is 17.6. The first-order valence-electron chi connectivity index (χ1n) is 9.65. The third-order valence-electron chi connectivity index (χ3n) is 4.88. The van der Waals surface area contributed by atoms with Crippen molar-refractivity contribution in [2.45, 2.75) is 44.8 Å². The van der Waals surface area contributed by atoms with Crippen molar-refractivity contribution in [3.05, 3.63) is 48.3 Å². The number of nitrogens with one attached hydrogen (secondary N) is 4. The maximum Gasteiger partial charge on any atom is 0.319 e. The number of anilines is 1. The van der Waals surface area contributed by atoms with Crippen LogP contribution in [0.2, 0.25) is 0 Å². The van der Waals surface area contributed by atoms with E-state index in [0.717, 1.165) is 18.7 Å². The summed E-state index contributed by atoms with van der Waals surface area (Å²) in [6, 6.07) is 9.14. The van der Waals surface area contributed by atoms with Crippen LogP contribution in [0.4, 0.5) is 10.5 Å². The number of hydrogen-bond donors (Lipinski definition) is 4. The van der Waals surface area contributed by atoms with Crippen molar-refractivity contribution in [3.8, 4) is 0 Å². The van der Waals surface area contributed by atoms with Gasteiger partial charge >= 0.3 is 6.03 Å². The van der Waals surface area contributed by atoms with E-state index in [4.69, 9.17) is 0 Å². The topological polar surface area (TPSA) is 100 Å². The van der Waals surface area contributed by atoms with Gasteiger partial charge in [-0.15, -0.1) is 12.4 Å². The smallest absolute Gasteiger partial charge is 0.319 e. The summed E-state index contributed by atoms with van der Waals surface area (Å²) < 4.78 is 1.78. The molecular weight excluding hydrogens is 392 g/mol. The van der Waals surface area contributed by atoms with Crippen LogP contribution in [0.5, 0.6) is 0 Å². The summed E-state index contributed by atoms with van der Waals surface area (Å²) in [7, 11) is 0. The molecule has 0 spiro atoms. The Balaban J connectivity index is 0.00000300. The van der Waals surface area contributed by atoms with E-state index in [1.807, 2.05) is 50.4 Å². The molecule has 3 amide bonds. The molecule has 1 aliphatic rings. The average Bonchev–Trinajstić information content (AvgIpc) is 3.22. The highest BCUT2D eigenvalue weighted by Crippen LogP contribution is 2.27. The van der Waals surface area contributed by atoms with Gasteiger partial charge in [-0.1, -0.05) is 12.1 Å². The second kappa shape index (κ2) is 10.3. The second-order valence-corrected chi connectivity index (χ2v) is 7.36. The van der Waals surface area contributed by atoms with Crippen molar-refractivity contribution in [1.29, 1.82) is 0 Å². The summed E-state index contributed by atoms with van der Waals surface area (Å²) in [4.78, 5) is 24.8. The van der Waals surface area contributed by atoms with Gasteiger partial charge in [0.2, 0.25) is 5.91 Å². The lowest BCUT2D eigenvalue weighted by molar-refractivity contribution is -0.132. The quantitative estimate of drug-likeness (QED) is 0.575. The predicted molar refractivity (Wildman–Crippen MR) is 115 cm³/mol. The fourth-order valence-electron chi connectivity index (χ4n) is 3.40. The van der Waals surface area contributed by atoms with Gasteiger partial charge in [0, 0.05) is 30.7 Å². The first-order chi connectivity index (χ1) is 13.5. The third-order valence-corrected chi connectivity index (χ3v) is 4.88. The number of piperidine rings is 1. The molecule has 0 radical (unpaired) electrons. The van der Waals surface area contributed by atoms with Gasteiger partial charge < -0.3 is 21.3 Å². The van der Waals surface area contributed by atoms with E-state index in [1.165, 1.54) is 0 Å². The Morgan fingerprint density at radius 2 is 1.90 bits per heavy atom. The highest BCUT2D eigenvalue weighted by Gasteiger charge is 2.41. The van der Waals surface area contributed by atoms with Crippen LogP contribution in [0.25, 0.3) is 0 Å². The Morgan fingerprint density at radius 1 is 1.21 bits per heavy atom. The molecule has 0 aliphatic carbocycles. The number of hydrogen-bond acceptors (Lipinski definition) is 4. The maximum atomic E-state index is 13.0. The number of halogens is 1. The van der Waals surface area contributed by atoms with Crippen LogP contribution in [-0.4, -0.2) is 40.9 Å². The molecule has 1 aromatic heterocycles. The van der Waals surface area contributed by atoms with E-state index in [2.05, 4.69) is 26.4 Å². The van der Waals surface area contributed by atoms with Gasteiger partial charge in [-0.3, -0.25) is 9.48 Å². The van der Waals surface area contributed by atoms with Gasteiger partial charge in [-0.05, 0) is 63.5 Å². The van der Waals surface area contributed by atoms with Gasteiger partial charge in [-0.2, -0.15) is 5.10 Å². The Hall–Kier alpha value is -2.58. The molecule has 2 heterocycles. The third kappa shape index (κ3) is 5.71. The van der Waals surface area contributed by atoms with Crippen LogP contribution in [-0.2, 0) is 16.9 Å². The number of benzene rings is 1. The summed E-state index contributed by atoms with van der Waals surface area (Å²) in [5.74, 6) is -0.0174. The molecule has 0 saturated carbocycles. The predicted octanol–water partition coefficient (Wildman–Crippen LogP) is 2.23. The van der Waals surface area contributed by atoms with Crippen LogP contribution in [0.15, 0.2) is 42.7 Å². The maximum absolute atomic E-state index is 13.0. The molecular formula is C20H29ClN6O2. The highest BCUT2D eigenvalue weighted by atomic mass is 35.5. The monoisotopic (exact) mass is 420 g/mol. The van der Waals surface area contributed by atoms with Gasteiger partial charge in [0.15, 0.2) is 0 Å². The lowest BCUT2D eigenvalue weighted by atomic mass is 9.87. The van der Waals surface area contributed by atoms with Crippen LogP contribution < -0.4 is 21.3 Å². The molecule has 0 bridgehead atoms. The van der Waals surface area contributed by atoms with E-state index < -0.39 is 5.54 Å². The average molecular weight is 421 g/mol. The van der Waals surface area contributed by atoms with E-state index in [9.17, 15) is 9.59 Å². The zero-order valence-electron chi connectivity index (χ0n) is 16.8. The fraction of sp³-hybridized carbons (Fsp3) is 0.450. The Bertz CT molecular complexity index is 786. The first kappa shape index (κ1) is 22.7. The standard InChI is InChI=1S/C20H28N6O2.ClH/c1-15(2)24-19(28)25-17-6-4-16(5-7-17)14-22-18(27)20(8-11-21-12-9-20)26-13-3-10-23-26;/h3-7,10,13,15,21H,8-9,11-12,14H2,1-2H3,(H,22,27)(H2,24,25,28);1H. The molecule has 1 saturated heterocycles. The summed E-state index contributed by atoms with van der Waals surface area (Å²) in [6.45, 7) is 5.80. The molecule has 29 heavy (non-hydrogen) atoms. The van der Waals surface area contributed by atoms with E-state index in [1.54, 1.807) is 10.9 Å². The van der Waals surface area contributed by atoms with E-state index >= 15 is 0 Å². The first-order valence-corrected chi connectivity index (χ1v) is 9.65. The van der Waals surface area contributed by atoms with Gasteiger partial charge in [0.05, 0.1) is 0 Å². The molecule has 158 valence electrons. The van der Waals surface area contributed by atoms with Crippen molar-refractivity contribution in [3.63, 3.8) is 0 Å². The Labute approximate surface area is 177 Å². The Morgan fingerprint density at radius 3 is 2.48 bits per heavy atom. The minimum atomic E-state index is -0.648. The number of urea groups is 1. The van der Waals surface area contributed by atoms with Crippen molar-refractivity contribution < 1.29 is 9.59 Å². The number of carbonyl (C=O) groups is 2. The molecule has 0 unspecified atom stereocenters. The van der Waals surface area contributed by atoms with Crippen LogP contribution >= 0.6 is 12.4 Å². The van der Waals surface area contributed by atoms with Gasteiger partial charge in [0.25, 0.3) is 0 Å². The van der Waals surface area contributed by atoms with Crippen LogP contribution in [0.1, 0.15) is 32.3 Å². The molecule has 3 rings (SSSR count). The van der Waals surface area contributed by atoms with Crippen LogP contribution in [0.3, 0.4) is 0 Å². The normalized spacial score (nSPS) is 15.3. The van der Waals surface area contributed by atoms with Gasteiger partial charge in [-0.25, -0.2) is 4.79 Å². The molecule has 2 aromatic rings. The fourth-order valence-corrected chi connectivity index (χ4v) is 3.40. The minimum Gasteiger partial charge on any atom is -0.350 e. The number of nitrogens with zero attached hydrogens (tertiary/aromatic N) is 2.